The number of rotatable bonds is 1. The van der Waals surface area contributed by atoms with Crippen molar-refractivity contribution >= 4 is 22.8 Å². The molecule has 0 radical (unpaired) electrons. The van der Waals surface area contributed by atoms with Crippen LogP contribution in [0.25, 0.3) is 11.0 Å². The summed E-state index contributed by atoms with van der Waals surface area (Å²) in [4.78, 5) is 33.3. The largest absolute Gasteiger partial charge is 0.332 e. The Morgan fingerprint density at radius 2 is 1.65 bits per heavy atom. The third-order valence-corrected chi connectivity index (χ3v) is 3.81. The van der Waals surface area contributed by atoms with E-state index in [2.05, 4.69) is 9.97 Å². The van der Waals surface area contributed by atoms with Gasteiger partial charge in [0.2, 0.25) is 0 Å². The van der Waals surface area contributed by atoms with Crippen molar-refractivity contribution in [3.63, 3.8) is 0 Å². The van der Waals surface area contributed by atoms with Crippen molar-refractivity contribution in [1.29, 1.82) is 0 Å². The first-order chi connectivity index (χ1) is 9.18. The van der Waals surface area contributed by atoms with E-state index in [0.29, 0.717) is 21.9 Å². The Kier molecular flexibility index (Phi) is 3.49. The van der Waals surface area contributed by atoms with Gasteiger partial charge in [-0.3, -0.25) is 13.9 Å². The first-order valence-electron chi connectivity index (χ1n) is 6.20. The summed E-state index contributed by atoms with van der Waals surface area (Å²) in [5.74, 6) is 0.623. The molecule has 0 atom stereocenters. The molecule has 108 valence electrons. The quantitative estimate of drug-likeness (QED) is 0.581. The molecule has 0 unspecified atom stereocenters. The lowest BCUT2D eigenvalue weighted by molar-refractivity contribution is 0.539. The molecule has 0 saturated carbocycles. The molecule has 0 amide bonds. The van der Waals surface area contributed by atoms with Crippen molar-refractivity contribution in [3.05, 3.63) is 26.7 Å². The molecular weight excluding hydrogens is 276 g/mol. The number of aromatic nitrogens is 4. The molecule has 0 aliphatic heterocycles. The van der Waals surface area contributed by atoms with E-state index in [0.717, 1.165) is 4.57 Å². The Hall–Kier alpha value is -1.63. The number of aryl methyl sites for hydroxylation is 1. The van der Waals surface area contributed by atoms with Gasteiger partial charge < -0.3 is 0 Å². The van der Waals surface area contributed by atoms with Crippen LogP contribution in [-0.2, 0) is 19.5 Å². The fraction of sp³-hybridized carbons (Fsp3) is 0.538. The number of thioether (sulfide) groups is 1. The predicted octanol–water partition coefficient (Wildman–Crippen LogP) is 1.05. The number of fused-ring (bicyclic) bond motifs is 1. The zero-order chi connectivity index (χ0) is 15.2. The fourth-order valence-electron chi connectivity index (χ4n) is 1.91. The summed E-state index contributed by atoms with van der Waals surface area (Å²) in [5, 5.41) is 1.01. The highest BCUT2D eigenvalue weighted by Gasteiger charge is 2.22. The Labute approximate surface area is 120 Å². The van der Waals surface area contributed by atoms with Gasteiger partial charge in [0.15, 0.2) is 5.65 Å². The van der Waals surface area contributed by atoms with E-state index in [1.165, 1.54) is 23.4 Å². The molecular formula is C13H18N4O2S. The van der Waals surface area contributed by atoms with Gasteiger partial charge in [0, 0.05) is 19.5 Å². The molecule has 2 aromatic rings. The van der Waals surface area contributed by atoms with Gasteiger partial charge in [-0.2, -0.15) is 0 Å². The topological polar surface area (TPSA) is 69.8 Å². The third kappa shape index (κ3) is 2.15. The molecule has 0 aromatic carbocycles. The maximum atomic E-state index is 12.3. The molecule has 20 heavy (non-hydrogen) atoms. The smallest absolute Gasteiger partial charge is 0.280 e. The van der Waals surface area contributed by atoms with Crippen LogP contribution in [-0.4, -0.2) is 25.4 Å². The van der Waals surface area contributed by atoms with Crippen LogP contribution in [0.5, 0.6) is 0 Å². The summed E-state index contributed by atoms with van der Waals surface area (Å²) in [5.41, 5.74) is -0.598. The second kappa shape index (κ2) is 4.73. The van der Waals surface area contributed by atoms with Crippen molar-refractivity contribution in [1.82, 2.24) is 19.1 Å². The lowest BCUT2D eigenvalue weighted by Gasteiger charge is -2.18. The lowest BCUT2D eigenvalue weighted by Crippen LogP contribution is -2.38. The van der Waals surface area contributed by atoms with E-state index in [4.69, 9.17) is 0 Å². The molecule has 0 N–H and O–H groups in total. The zero-order valence-electron chi connectivity index (χ0n) is 12.5. The van der Waals surface area contributed by atoms with Crippen molar-refractivity contribution < 1.29 is 0 Å². The van der Waals surface area contributed by atoms with Crippen molar-refractivity contribution in [3.8, 4) is 0 Å². The maximum Gasteiger partial charge on any atom is 0.332 e. The SMILES string of the molecule is CSc1nc(C(C)(C)C)nc2c1c(=O)n(C)c(=O)n2C. The van der Waals surface area contributed by atoms with Crippen LogP contribution in [0.4, 0.5) is 0 Å². The molecule has 0 bridgehead atoms. The average Bonchev–Trinajstić information content (AvgIpc) is 2.40. The van der Waals surface area contributed by atoms with Crippen LogP contribution in [0.1, 0.15) is 26.6 Å². The van der Waals surface area contributed by atoms with Gasteiger partial charge in [0.05, 0.1) is 0 Å². The van der Waals surface area contributed by atoms with Crippen LogP contribution < -0.4 is 11.2 Å². The average molecular weight is 294 g/mol. The van der Waals surface area contributed by atoms with E-state index < -0.39 is 0 Å². The Morgan fingerprint density at radius 3 is 2.15 bits per heavy atom. The summed E-state index contributed by atoms with van der Waals surface area (Å²) in [7, 11) is 3.08. The zero-order valence-corrected chi connectivity index (χ0v) is 13.3. The lowest BCUT2D eigenvalue weighted by atomic mass is 9.96. The summed E-state index contributed by atoms with van der Waals surface area (Å²) in [6, 6.07) is 0. The highest BCUT2D eigenvalue weighted by molar-refractivity contribution is 7.98. The van der Waals surface area contributed by atoms with Gasteiger partial charge >= 0.3 is 5.69 Å². The standard InChI is InChI=1S/C13H18N4O2S/c1-13(2,3)11-14-8-7(9(15-11)20-6)10(18)17(5)12(19)16(8)4/h1-6H3. The summed E-state index contributed by atoms with van der Waals surface area (Å²) in [6.07, 6.45) is 1.86. The first kappa shape index (κ1) is 14.8. The highest BCUT2D eigenvalue weighted by Crippen LogP contribution is 2.25. The minimum atomic E-state index is -0.381. The Balaban J connectivity index is 3.08. The monoisotopic (exact) mass is 294 g/mol. The van der Waals surface area contributed by atoms with E-state index in [1.807, 2.05) is 27.0 Å². The minimum Gasteiger partial charge on any atom is -0.280 e. The molecule has 0 aliphatic rings. The number of nitrogens with zero attached hydrogens (tertiary/aromatic N) is 4. The third-order valence-electron chi connectivity index (χ3n) is 3.13. The number of hydrogen-bond acceptors (Lipinski definition) is 5. The van der Waals surface area contributed by atoms with Crippen LogP contribution >= 0.6 is 11.8 Å². The van der Waals surface area contributed by atoms with Crippen LogP contribution in [0.15, 0.2) is 14.6 Å². The summed E-state index contributed by atoms with van der Waals surface area (Å²) in [6.45, 7) is 5.99. The van der Waals surface area contributed by atoms with Gasteiger partial charge in [0.1, 0.15) is 16.2 Å². The van der Waals surface area contributed by atoms with E-state index >= 15 is 0 Å². The second-order valence-corrected chi connectivity index (χ2v) is 6.51. The van der Waals surface area contributed by atoms with Gasteiger partial charge in [-0.1, -0.05) is 20.8 Å². The normalized spacial score (nSPS) is 12.1. The van der Waals surface area contributed by atoms with Gasteiger partial charge in [-0.15, -0.1) is 11.8 Å². The van der Waals surface area contributed by atoms with Crippen molar-refractivity contribution in [2.75, 3.05) is 6.26 Å². The highest BCUT2D eigenvalue weighted by atomic mass is 32.2. The molecule has 0 aliphatic carbocycles. The second-order valence-electron chi connectivity index (χ2n) is 5.71. The van der Waals surface area contributed by atoms with Crippen molar-refractivity contribution in [2.45, 2.75) is 31.2 Å². The van der Waals surface area contributed by atoms with E-state index in [9.17, 15) is 9.59 Å². The molecule has 2 heterocycles. The molecule has 7 heteroatoms. The van der Waals surface area contributed by atoms with E-state index in [1.54, 1.807) is 7.05 Å². The number of hydrogen-bond donors (Lipinski definition) is 0. The predicted molar refractivity (Wildman–Crippen MR) is 80.5 cm³/mol. The molecule has 0 fully saturated rings. The first-order valence-corrected chi connectivity index (χ1v) is 7.43. The molecule has 2 rings (SSSR count). The minimum absolute atomic E-state index is 0.254. The van der Waals surface area contributed by atoms with Crippen LogP contribution in [0.3, 0.4) is 0 Å². The van der Waals surface area contributed by atoms with Crippen LogP contribution in [0.2, 0.25) is 0 Å². The van der Waals surface area contributed by atoms with Gasteiger partial charge in [-0.25, -0.2) is 14.8 Å². The van der Waals surface area contributed by atoms with Crippen molar-refractivity contribution in [2.24, 2.45) is 14.1 Å². The molecule has 0 saturated heterocycles. The fourth-order valence-corrected chi connectivity index (χ4v) is 2.47. The Bertz CT molecular complexity index is 799. The van der Waals surface area contributed by atoms with E-state index in [-0.39, 0.29) is 16.7 Å². The Morgan fingerprint density at radius 1 is 1.05 bits per heavy atom. The molecule has 6 nitrogen and oxygen atoms in total. The molecule has 0 spiro atoms. The van der Waals surface area contributed by atoms with Gasteiger partial charge in [-0.05, 0) is 6.26 Å². The van der Waals surface area contributed by atoms with Gasteiger partial charge in [0.25, 0.3) is 5.56 Å². The summed E-state index contributed by atoms with van der Waals surface area (Å²) < 4.78 is 2.48. The van der Waals surface area contributed by atoms with Crippen LogP contribution in [0, 0.1) is 0 Å². The molecule has 2 aromatic heterocycles. The maximum absolute atomic E-state index is 12.3. The summed E-state index contributed by atoms with van der Waals surface area (Å²) >= 11 is 1.39.